The minimum absolute atomic E-state index is 0.0194. The zero-order valence-corrected chi connectivity index (χ0v) is 17.8. The van der Waals surface area contributed by atoms with Gasteiger partial charge in [0, 0.05) is 28.1 Å². The van der Waals surface area contributed by atoms with E-state index in [0.29, 0.717) is 26.3 Å². The van der Waals surface area contributed by atoms with Crippen molar-refractivity contribution in [2.75, 3.05) is 11.1 Å². The molecule has 2 aromatic rings. The molecule has 8 heteroatoms. The zero-order valence-electron chi connectivity index (χ0n) is 15.5. The Morgan fingerprint density at radius 2 is 1.90 bits per heavy atom. The minimum Gasteiger partial charge on any atom is -0.325 e. The van der Waals surface area contributed by atoms with E-state index in [-0.39, 0.29) is 29.9 Å². The van der Waals surface area contributed by atoms with E-state index in [1.807, 2.05) is 31.2 Å². The molecule has 3 rings (SSSR count). The lowest BCUT2D eigenvalue weighted by molar-refractivity contribution is -0.121. The van der Waals surface area contributed by atoms with Gasteiger partial charge in [-0.3, -0.25) is 9.59 Å². The molecule has 1 aliphatic heterocycles. The summed E-state index contributed by atoms with van der Waals surface area (Å²) < 4.78 is 0. The largest absolute Gasteiger partial charge is 0.325 e. The number of carbonyl (C=O) groups is 2. The second kappa shape index (κ2) is 9.36. The molecule has 5 nitrogen and oxygen atoms in total. The quantitative estimate of drug-likeness (QED) is 0.677. The number of nitrogens with zero attached hydrogens (tertiary/aromatic N) is 1. The molecule has 0 saturated carbocycles. The molecule has 0 fully saturated rings. The van der Waals surface area contributed by atoms with Gasteiger partial charge in [0.1, 0.15) is 0 Å². The average molecular weight is 446 g/mol. The van der Waals surface area contributed by atoms with Crippen LogP contribution in [0.4, 0.5) is 5.69 Å². The highest BCUT2D eigenvalue weighted by atomic mass is 35.5. The highest BCUT2D eigenvalue weighted by Gasteiger charge is 2.29. The Morgan fingerprint density at radius 3 is 2.52 bits per heavy atom. The molecule has 0 bridgehead atoms. The van der Waals surface area contributed by atoms with Crippen molar-refractivity contribution in [3.05, 3.63) is 74.2 Å². The summed E-state index contributed by atoms with van der Waals surface area (Å²) in [4.78, 5) is 24.5. The molecular weight excluding hydrogens is 429 g/mol. The van der Waals surface area contributed by atoms with Gasteiger partial charge in [-0.1, -0.05) is 64.8 Å². The Bertz CT molecular complexity index is 1010. The number of hydrogen-bond acceptors (Lipinski definition) is 4. The molecule has 0 spiro atoms. The molecule has 1 heterocycles. The highest BCUT2D eigenvalue weighted by molar-refractivity contribution is 8.03. The molecule has 0 aliphatic carbocycles. The van der Waals surface area contributed by atoms with Crippen molar-refractivity contribution < 1.29 is 9.59 Å². The Balaban J connectivity index is 1.75. The van der Waals surface area contributed by atoms with E-state index in [1.54, 1.807) is 18.2 Å². The molecule has 0 aromatic heterocycles. The van der Waals surface area contributed by atoms with Crippen LogP contribution in [0.5, 0.6) is 0 Å². The van der Waals surface area contributed by atoms with Gasteiger partial charge in [-0.15, -0.1) is 0 Å². The van der Waals surface area contributed by atoms with Crippen LogP contribution in [0, 0.1) is 18.3 Å². The molecule has 148 valence electrons. The number of aryl methyl sites for hydroxylation is 1. The number of allylic oxidation sites excluding steroid dienone is 1. The average Bonchev–Trinajstić information content (AvgIpc) is 2.65. The summed E-state index contributed by atoms with van der Waals surface area (Å²) >= 11 is 13.0. The van der Waals surface area contributed by atoms with Crippen LogP contribution in [0.2, 0.25) is 10.0 Å². The van der Waals surface area contributed by atoms with Crippen LogP contribution in [0.3, 0.4) is 0 Å². The molecule has 2 amide bonds. The van der Waals surface area contributed by atoms with Crippen molar-refractivity contribution >= 4 is 52.5 Å². The van der Waals surface area contributed by atoms with Crippen LogP contribution in [-0.4, -0.2) is 17.6 Å². The first kappa shape index (κ1) is 21.3. The van der Waals surface area contributed by atoms with Crippen molar-refractivity contribution in [1.82, 2.24) is 5.32 Å². The normalized spacial score (nSPS) is 16.2. The maximum absolute atomic E-state index is 12.3. The van der Waals surface area contributed by atoms with Crippen molar-refractivity contribution in [2.24, 2.45) is 0 Å². The Morgan fingerprint density at radius 1 is 1.24 bits per heavy atom. The highest BCUT2D eigenvalue weighted by Crippen LogP contribution is 2.36. The number of nitrogens with one attached hydrogen (secondary N) is 2. The summed E-state index contributed by atoms with van der Waals surface area (Å²) in [6.07, 6.45) is 0.198. The monoisotopic (exact) mass is 445 g/mol. The lowest BCUT2D eigenvalue weighted by atomic mass is 9.87. The van der Waals surface area contributed by atoms with E-state index < -0.39 is 0 Å². The van der Waals surface area contributed by atoms with Gasteiger partial charge in [0.2, 0.25) is 11.8 Å². The molecule has 0 saturated heterocycles. The van der Waals surface area contributed by atoms with E-state index >= 15 is 0 Å². The summed E-state index contributed by atoms with van der Waals surface area (Å²) in [7, 11) is 0. The number of benzene rings is 2. The van der Waals surface area contributed by atoms with Crippen LogP contribution < -0.4 is 10.6 Å². The smallest absolute Gasteiger partial charge is 0.234 e. The second-order valence-electron chi connectivity index (χ2n) is 6.57. The van der Waals surface area contributed by atoms with Crippen LogP contribution in [0.15, 0.2) is 53.1 Å². The van der Waals surface area contributed by atoms with Crippen LogP contribution >= 0.6 is 35.0 Å². The van der Waals surface area contributed by atoms with E-state index in [4.69, 9.17) is 23.2 Å². The first-order valence-corrected chi connectivity index (χ1v) is 10.5. The number of amides is 2. The molecule has 1 atom stereocenters. The lowest BCUT2D eigenvalue weighted by Gasteiger charge is -2.25. The standard InChI is InChI=1S/C21H17Cl2N3O2S/c1-12-2-4-13(5-3-12)17-9-19(27)26-21(18(17)10-24)29-11-20(28)25-16-7-14(22)6-15(23)8-16/h2-8,17H,9,11H2,1H3,(H,25,28)(H,26,27). The van der Waals surface area contributed by atoms with E-state index in [0.717, 1.165) is 22.9 Å². The van der Waals surface area contributed by atoms with Crippen molar-refractivity contribution in [2.45, 2.75) is 19.3 Å². The van der Waals surface area contributed by atoms with Crippen LogP contribution in [-0.2, 0) is 9.59 Å². The van der Waals surface area contributed by atoms with Gasteiger partial charge in [0.05, 0.1) is 22.4 Å². The third-order valence-electron chi connectivity index (χ3n) is 4.33. The number of anilines is 1. The third kappa shape index (κ3) is 5.54. The van der Waals surface area contributed by atoms with Gasteiger partial charge in [-0.25, -0.2) is 0 Å². The number of rotatable bonds is 5. The number of thioether (sulfide) groups is 1. The van der Waals surface area contributed by atoms with Gasteiger partial charge in [0.25, 0.3) is 0 Å². The predicted molar refractivity (Wildman–Crippen MR) is 117 cm³/mol. The first-order chi connectivity index (χ1) is 13.9. The zero-order chi connectivity index (χ0) is 21.0. The van der Waals surface area contributed by atoms with E-state index in [2.05, 4.69) is 16.7 Å². The SMILES string of the molecule is Cc1ccc(C2CC(=O)NC(SCC(=O)Nc3cc(Cl)cc(Cl)c3)=C2C#N)cc1. The fourth-order valence-electron chi connectivity index (χ4n) is 2.98. The van der Waals surface area contributed by atoms with E-state index in [9.17, 15) is 14.9 Å². The molecule has 1 aliphatic rings. The number of nitriles is 1. The molecule has 0 radical (unpaired) electrons. The predicted octanol–water partition coefficient (Wildman–Crippen LogP) is 5.01. The molecule has 1 unspecified atom stereocenters. The number of carbonyl (C=O) groups excluding carboxylic acids is 2. The molecular formula is C21H17Cl2N3O2S. The number of halogens is 2. The molecule has 2 N–H and O–H groups in total. The summed E-state index contributed by atoms with van der Waals surface area (Å²) in [5, 5.41) is 16.4. The van der Waals surface area contributed by atoms with Crippen molar-refractivity contribution in [3.63, 3.8) is 0 Å². The Labute approximate surface area is 183 Å². The summed E-state index contributed by atoms with van der Waals surface area (Å²) in [5.74, 6) is -0.790. The minimum atomic E-state index is -0.327. The maximum Gasteiger partial charge on any atom is 0.234 e. The summed E-state index contributed by atoms with van der Waals surface area (Å²) in [6, 6.07) is 14.7. The fourth-order valence-corrected chi connectivity index (χ4v) is 4.38. The van der Waals surface area contributed by atoms with Crippen LogP contribution in [0.25, 0.3) is 0 Å². The first-order valence-electron chi connectivity index (χ1n) is 8.75. The van der Waals surface area contributed by atoms with Crippen LogP contribution in [0.1, 0.15) is 23.5 Å². The van der Waals surface area contributed by atoms with Gasteiger partial charge in [-0.05, 0) is 30.7 Å². The lowest BCUT2D eigenvalue weighted by Crippen LogP contribution is -2.31. The van der Waals surface area contributed by atoms with Gasteiger partial charge in [0.15, 0.2) is 0 Å². The molecule has 29 heavy (non-hydrogen) atoms. The summed E-state index contributed by atoms with van der Waals surface area (Å²) in [6.45, 7) is 1.98. The fraction of sp³-hybridized carbons (Fsp3) is 0.190. The maximum atomic E-state index is 12.3. The molecule has 2 aromatic carbocycles. The number of hydrogen-bond donors (Lipinski definition) is 2. The summed E-state index contributed by atoms with van der Waals surface area (Å²) in [5.41, 5.74) is 2.94. The van der Waals surface area contributed by atoms with E-state index in [1.165, 1.54) is 0 Å². The van der Waals surface area contributed by atoms with Crippen molar-refractivity contribution in [3.8, 4) is 6.07 Å². The second-order valence-corrected chi connectivity index (χ2v) is 8.42. The van der Waals surface area contributed by atoms with Gasteiger partial charge >= 0.3 is 0 Å². The Hall–Kier alpha value is -2.46. The topological polar surface area (TPSA) is 82.0 Å². The Kier molecular flexibility index (Phi) is 6.86. The van der Waals surface area contributed by atoms with Crippen molar-refractivity contribution in [1.29, 1.82) is 5.26 Å². The van der Waals surface area contributed by atoms with Gasteiger partial charge < -0.3 is 10.6 Å². The van der Waals surface area contributed by atoms with Gasteiger partial charge in [-0.2, -0.15) is 5.26 Å². The third-order valence-corrected chi connectivity index (χ3v) is 5.78.